The molecule has 2 atom stereocenters. The van der Waals surface area contributed by atoms with E-state index in [1.807, 2.05) is 12.1 Å². The summed E-state index contributed by atoms with van der Waals surface area (Å²) in [6.45, 7) is 0.106. The molecule has 1 N–H and O–H groups in total. The van der Waals surface area contributed by atoms with Gasteiger partial charge in [0.2, 0.25) is 0 Å². The van der Waals surface area contributed by atoms with Crippen LogP contribution in [0.5, 0.6) is 0 Å². The van der Waals surface area contributed by atoms with E-state index in [4.69, 9.17) is 4.74 Å². The maximum Gasteiger partial charge on any atom is 0.394 e. The van der Waals surface area contributed by atoms with E-state index in [9.17, 15) is 13.2 Å². The number of halogens is 3. The minimum absolute atomic E-state index is 0.0193. The molecule has 1 fully saturated rings. The Bertz CT molecular complexity index is 597. The van der Waals surface area contributed by atoms with Gasteiger partial charge >= 0.3 is 6.18 Å². The number of rotatable bonds is 3. The SMILES string of the molecule is FC(F)(F)[C@H]1CCO[C@H]1c1ncc(Cc2ccncc2)[nH]1. The first-order valence-electron chi connectivity index (χ1n) is 6.65. The summed E-state index contributed by atoms with van der Waals surface area (Å²) in [7, 11) is 0. The van der Waals surface area contributed by atoms with Crippen LogP contribution in [-0.4, -0.2) is 27.7 Å². The van der Waals surface area contributed by atoms with Gasteiger partial charge in [-0.15, -0.1) is 0 Å². The van der Waals surface area contributed by atoms with Crippen LogP contribution in [0, 0.1) is 5.92 Å². The molecule has 4 nitrogen and oxygen atoms in total. The fraction of sp³-hybridized carbons (Fsp3) is 0.429. The Morgan fingerprint density at radius 1 is 1.29 bits per heavy atom. The quantitative estimate of drug-likeness (QED) is 0.947. The Hall–Kier alpha value is -1.89. The third-order valence-electron chi connectivity index (χ3n) is 3.57. The number of nitrogens with zero attached hydrogens (tertiary/aromatic N) is 2. The molecular formula is C14H14F3N3O. The van der Waals surface area contributed by atoms with Crippen LogP contribution in [0.4, 0.5) is 13.2 Å². The number of hydrogen-bond acceptors (Lipinski definition) is 3. The second-order valence-corrected chi connectivity index (χ2v) is 5.05. The van der Waals surface area contributed by atoms with Crippen molar-refractivity contribution in [3.05, 3.63) is 47.8 Å². The van der Waals surface area contributed by atoms with Crippen LogP contribution in [0.3, 0.4) is 0 Å². The third kappa shape index (κ3) is 3.07. The number of aromatic nitrogens is 3. The molecule has 0 aliphatic carbocycles. The first kappa shape index (κ1) is 14.1. The number of imidazole rings is 1. The number of pyridine rings is 1. The molecule has 0 saturated carbocycles. The lowest BCUT2D eigenvalue weighted by Gasteiger charge is -2.19. The molecule has 3 heterocycles. The van der Waals surface area contributed by atoms with E-state index in [2.05, 4.69) is 15.0 Å². The normalized spacial score (nSPS) is 22.6. The van der Waals surface area contributed by atoms with Crippen molar-refractivity contribution in [2.75, 3.05) is 6.61 Å². The van der Waals surface area contributed by atoms with E-state index in [1.165, 1.54) is 0 Å². The Labute approximate surface area is 119 Å². The summed E-state index contributed by atoms with van der Waals surface area (Å²) < 4.78 is 44.0. The van der Waals surface area contributed by atoms with Gasteiger partial charge in [0.15, 0.2) is 0 Å². The number of hydrogen-bond donors (Lipinski definition) is 1. The molecule has 2 aromatic rings. The molecule has 0 bridgehead atoms. The van der Waals surface area contributed by atoms with E-state index >= 15 is 0 Å². The van der Waals surface area contributed by atoms with Gasteiger partial charge in [-0.25, -0.2) is 4.98 Å². The molecule has 7 heteroatoms. The lowest BCUT2D eigenvalue weighted by atomic mass is 10.0. The van der Waals surface area contributed by atoms with Crippen LogP contribution >= 0.6 is 0 Å². The fourth-order valence-electron chi connectivity index (χ4n) is 2.53. The summed E-state index contributed by atoms with van der Waals surface area (Å²) in [5, 5.41) is 0. The molecule has 0 aromatic carbocycles. The zero-order chi connectivity index (χ0) is 14.9. The Morgan fingerprint density at radius 3 is 2.76 bits per heavy atom. The first-order valence-corrected chi connectivity index (χ1v) is 6.65. The zero-order valence-electron chi connectivity index (χ0n) is 11.1. The number of aromatic amines is 1. The van der Waals surface area contributed by atoms with E-state index in [-0.39, 0.29) is 18.9 Å². The molecule has 3 rings (SSSR count). The number of alkyl halides is 3. The summed E-state index contributed by atoms with van der Waals surface area (Å²) in [5.41, 5.74) is 1.77. The molecule has 0 radical (unpaired) electrons. The topological polar surface area (TPSA) is 50.8 Å². The van der Waals surface area contributed by atoms with Gasteiger partial charge < -0.3 is 9.72 Å². The van der Waals surface area contributed by atoms with Gasteiger partial charge in [-0.3, -0.25) is 4.98 Å². The van der Waals surface area contributed by atoms with Crippen LogP contribution in [0.2, 0.25) is 0 Å². The van der Waals surface area contributed by atoms with Crippen molar-refractivity contribution in [2.45, 2.75) is 25.1 Å². The number of ether oxygens (including phenoxy) is 1. The van der Waals surface area contributed by atoms with Crippen molar-refractivity contribution in [3.8, 4) is 0 Å². The summed E-state index contributed by atoms with van der Waals surface area (Å²) in [4.78, 5) is 10.9. The van der Waals surface area contributed by atoms with Crippen molar-refractivity contribution in [1.82, 2.24) is 15.0 Å². The van der Waals surface area contributed by atoms with Crippen molar-refractivity contribution < 1.29 is 17.9 Å². The van der Waals surface area contributed by atoms with Crippen molar-refractivity contribution >= 4 is 0 Å². The minimum Gasteiger partial charge on any atom is -0.370 e. The Morgan fingerprint density at radius 2 is 2.05 bits per heavy atom. The lowest BCUT2D eigenvalue weighted by molar-refractivity contribution is -0.188. The van der Waals surface area contributed by atoms with Crippen LogP contribution in [-0.2, 0) is 11.2 Å². The average Bonchev–Trinajstić information content (AvgIpc) is 3.07. The maximum absolute atomic E-state index is 12.9. The van der Waals surface area contributed by atoms with Crippen molar-refractivity contribution in [2.24, 2.45) is 5.92 Å². The summed E-state index contributed by atoms with van der Waals surface area (Å²) in [6.07, 6.45) is 0.159. The van der Waals surface area contributed by atoms with Crippen LogP contribution in [0.25, 0.3) is 0 Å². The highest BCUT2D eigenvalue weighted by Crippen LogP contribution is 2.43. The smallest absolute Gasteiger partial charge is 0.370 e. The molecule has 1 aliphatic heterocycles. The van der Waals surface area contributed by atoms with E-state index in [1.54, 1.807) is 18.6 Å². The summed E-state index contributed by atoms with van der Waals surface area (Å²) in [6, 6.07) is 3.70. The molecule has 112 valence electrons. The van der Waals surface area contributed by atoms with Gasteiger partial charge in [-0.05, 0) is 24.1 Å². The van der Waals surface area contributed by atoms with Gasteiger partial charge in [-0.1, -0.05) is 0 Å². The highest BCUT2D eigenvalue weighted by atomic mass is 19.4. The molecule has 1 saturated heterocycles. The largest absolute Gasteiger partial charge is 0.394 e. The van der Waals surface area contributed by atoms with Crippen molar-refractivity contribution in [1.29, 1.82) is 0 Å². The maximum atomic E-state index is 12.9. The minimum atomic E-state index is -4.26. The second kappa shape index (κ2) is 5.48. The molecule has 0 amide bonds. The Kier molecular flexibility index (Phi) is 3.67. The summed E-state index contributed by atoms with van der Waals surface area (Å²) in [5.74, 6) is -1.24. The van der Waals surface area contributed by atoms with Gasteiger partial charge in [0.25, 0.3) is 0 Å². The standard InChI is InChI=1S/C14H14F3N3O/c15-14(16,17)11-3-6-21-12(11)13-19-8-10(20-13)7-9-1-4-18-5-2-9/h1-2,4-5,8,11-12H,3,6-7H2,(H,19,20)/t11-,12+/m0/s1. The predicted molar refractivity (Wildman–Crippen MR) is 68.5 cm³/mol. The van der Waals surface area contributed by atoms with Gasteiger partial charge in [0, 0.05) is 37.3 Å². The monoisotopic (exact) mass is 297 g/mol. The number of nitrogens with one attached hydrogen (secondary N) is 1. The average molecular weight is 297 g/mol. The van der Waals surface area contributed by atoms with Gasteiger partial charge in [0.05, 0.1) is 5.92 Å². The van der Waals surface area contributed by atoms with E-state index in [0.29, 0.717) is 6.42 Å². The van der Waals surface area contributed by atoms with E-state index in [0.717, 1.165) is 11.3 Å². The first-order chi connectivity index (χ1) is 10.0. The molecule has 2 aromatic heterocycles. The van der Waals surface area contributed by atoms with Gasteiger partial charge in [0.1, 0.15) is 11.9 Å². The highest BCUT2D eigenvalue weighted by Gasteiger charge is 2.49. The van der Waals surface area contributed by atoms with Crippen LogP contribution in [0.15, 0.2) is 30.7 Å². The van der Waals surface area contributed by atoms with Crippen LogP contribution in [0.1, 0.15) is 29.6 Å². The second-order valence-electron chi connectivity index (χ2n) is 5.05. The lowest BCUT2D eigenvalue weighted by Crippen LogP contribution is -2.26. The molecule has 1 aliphatic rings. The summed E-state index contributed by atoms with van der Waals surface area (Å²) >= 11 is 0. The fourth-order valence-corrected chi connectivity index (χ4v) is 2.53. The third-order valence-corrected chi connectivity index (χ3v) is 3.57. The zero-order valence-corrected chi connectivity index (χ0v) is 11.1. The predicted octanol–water partition coefficient (Wildman–Crippen LogP) is 3.04. The molecule has 0 spiro atoms. The Balaban J connectivity index is 1.76. The molecule has 21 heavy (non-hydrogen) atoms. The molecule has 0 unspecified atom stereocenters. The van der Waals surface area contributed by atoms with Gasteiger partial charge in [-0.2, -0.15) is 13.2 Å². The highest BCUT2D eigenvalue weighted by molar-refractivity contribution is 5.19. The van der Waals surface area contributed by atoms with E-state index < -0.39 is 18.2 Å². The van der Waals surface area contributed by atoms with Crippen molar-refractivity contribution in [3.63, 3.8) is 0 Å². The van der Waals surface area contributed by atoms with Crippen LogP contribution < -0.4 is 0 Å². The number of H-pyrrole nitrogens is 1. The molecular weight excluding hydrogens is 283 g/mol.